The fraction of sp³-hybridized carbons (Fsp3) is 0.478. The molecule has 6 rings (SSSR count). The number of hydrogen-bond acceptors (Lipinski definition) is 7. The SMILES string of the molecule is COc1ccc([C@@H]2c3sc(=S)n(C)c3S[C@H]3[C@@H]4C[C@H]([C@H]5C(=O)N(CC(=O)O)C(=O)[C@H]45)[C@H]23)cc1. The Morgan fingerprint density at radius 1 is 1.18 bits per heavy atom. The highest BCUT2D eigenvalue weighted by atomic mass is 32.2. The molecule has 2 aliphatic heterocycles. The van der Waals surface area contributed by atoms with Crippen LogP contribution in [0.5, 0.6) is 5.75 Å². The Bertz CT molecular complexity index is 1250. The molecule has 1 aromatic heterocycles. The molecule has 3 heterocycles. The molecule has 1 aromatic carbocycles. The van der Waals surface area contributed by atoms with Crippen molar-refractivity contribution in [3.8, 4) is 5.75 Å². The van der Waals surface area contributed by atoms with Crippen LogP contribution in [0.2, 0.25) is 0 Å². The fourth-order valence-electron chi connectivity index (χ4n) is 6.72. The third-order valence-corrected chi connectivity index (χ3v) is 11.3. The summed E-state index contributed by atoms with van der Waals surface area (Å²) in [6.45, 7) is -0.546. The van der Waals surface area contributed by atoms with Gasteiger partial charge >= 0.3 is 5.97 Å². The van der Waals surface area contributed by atoms with Crippen LogP contribution in [-0.2, 0) is 21.4 Å². The molecule has 7 nitrogen and oxygen atoms in total. The average molecular weight is 503 g/mol. The number of fused-ring (bicyclic) bond motifs is 9. The number of aliphatic carboxylic acids is 1. The van der Waals surface area contributed by atoms with Crippen molar-refractivity contribution in [3.05, 3.63) is 38.7 Å². The molecule has 2 saturated carbocycles. The number of thioether (sulfide) groups is 1. The van der Waals surface area contributed by atoms with Gasteiger partial charge in [0.25, 0.3) is 0 Å². The second kappa shape index (κ2) is 7.41. The number of rotatable bonds is 4. The normalized spacial score (nSPS) is 33.8. The minimum Gasteiger partial charge on any atom is -0.497 e. The number of carbonyl (C=O) groups is 3. The zero-order valence-electron chi connectivity index (χ0n) is 18.0. The Kier molecular flexibility index (Phi) is 4.80. The molecule has 2 aromatic rings. The number of aromatic nitrogens is 1. The lowest BCUT2D eigenvalue weighted by molar-refractivity contribution is -0.149. The maximum absolute atomic E-state index is 13.2. The Labute approximate surface area is 203 Å². The molecular formula is C23H22N2O5S3. The van der Waals surface area contributed by atoms with Gasteiger partial charge in [-0.15, -0.1) is 23.1 Å². The Morgan fingerprint density at radius 2 is 1.85 bits per heavy atom. The molecule has 33 heavy (non-hydrogen) atoms. The van der Waals surface area contributed by atoms with E-state index >= 15 is 0 Å². The number of amides is 2. The van der Waals surface area contributed by atoms with Gasteiger partial charge in [-0.3, -0.25) is 19.3 Å². The fourth-order valence-corrected chi connectivity index (χ4v) is 10.2. The molecule has 3 fully saturated rings. The van der Waals surface area contributed by atoms with Crippen molar-refractivity contribution in [1.29, 1.82) is 0 Å². The Balaban J connectivity index is 1.46. The first kappa shape index (κ1) is 21.4. The molecule has 0 unspecified atom stereocenters. The minimum absolute atomic E-state index is 0.0500. The van der Waals surface area contributed by atoms with Crippen molar-refractivity contribution < 1.29 is 24.2 Å². The number of likely N-dealkylation sites (tertiary alicyclic amines) is 1. The van der Waals surface area contributed by atoms with Crippen LogP contribution in [-0.4, -0.2) is 51.3 Å². The first-order valence-corrected chi connectivity index (χ1v) is 13.0. The van der Waals surface area contributed by atoms with Crippen LogP contribution in [0.15, 0.2) is 29.3 Å². The molecular weight excluding hydrogens is 480 g/mol. The molecule has 0 spiro atoms. The van der Waals surface area contributed by atoms with Gasteiger partial charge in [-0.05, 0) is 54.1 Å². The predicted molar refractivity (Wildman–Crippen MR) is 125 cm³/mol. The van der Waals surface area contributed by atoms with E-state index in [2.05, 4.69) is 16.7 Å². The quantitative estimate of drug-likeness (QED) is 0.506. The summed E-state index contributed by atoms with van der Waals surface area (Å²) in [4.78, 5) is 39.9. The highest BCUT2D eigenvalue weighted by Gasteiger charge is 2.69. The van der Waals surface area contributed by atoms with Crippen molar-refractivity contribution in [3.63, 3.8) is 0 Å². The first-order valence-electron chi connectivity index (χ1n) is 10.9. The van der Waals surface area contributed by atoms with E-state index in [1.165, 1.54) is 4.88 Å². The van der Waals surface area contributed by atoms with Crippen molar-refractivity contribution in [2.24, 2.45) is 36.6 Å². The van der Waals surface area contributed by atoms with Gasteiger partial charge in [0, 0.05) is 23.1 Å². The standard InChI is InChI=1S/C23H22N2O5S3/c1-24-22-19(33-23(24)31)14(9-3-5-10(30-2)6-4-9)15-11-7-12(18(15)32-22)17-16(11)20(28)25(21(17)29)8-13(26)27/h3-6,11-12,14-18H,7-8H2,1-2H3,(H,26,27)/t11-,12+,14-,15+,16+,17+,18-/m0/s1. The van der Waals surface area contributed by atoms with Gasteiger partial charge in [0.15, 0.2) is 3.95 Å². The summed E-state index contributed by atoms with van der Waals surface area (Å²) in [6, 6.07) is 8.10. The van der Waals surface area contributed by atoms with Gasteiger partial charge in [-0.25, -0.2) is 0 Å². The first-order chi connectivity index (χ1) is 15.8. The Hall–Kier alpha value is -2.17. The predicted octanol–water partition coefficient (Wildman–Crippen LogP) is 3.38. The molecule has 0 radical (unpaired) electrons. The summed E-state index contributed by atoms with van der Waals surface area (Å²) in [7, 11) is 3.63. The van der Waals surface area contributed by atoms with Crippen molar-refractivity contribution >= 4 is 53.1 Å². The molecule has 2 aliphatic carbocycles. The van der Waals surface area contributed by atoms with Crippen molar-refractivity contribution in [1.82, 2.24) is 9.47 Å². The maximum atomic E-state index is 13.2. The third kappa shape index (κ3) is 2.86. The van der Waals surface area contributed by atoms with Crippen LogP contribution in [0.1, 0.15) is 22.8 Å². The van der Waals surface area contributed by atoms with Gasteiger partial charge in [0.05, 0.1) is 24.0 Å². The van der Waals surface area contributed by atoms with Gasteiger partial charge in [0.1, 0.15) is 12.3 Å². The molecule has 1 N–H and O–H groups in total. The molecule has 4 aliphatic rings. The van der Waals surface area contributed by atoms with E-state index in [0.29, 0.717) is 0 Å². The van der Waals surface area contributed by atoms with Crippen LogP contribution in [0.25, 0.3) is 0 Å². The van der Waals surface area contributed by atoms with Crippen LogP contribution in [0.4, 0.5) is 0 Å². The summed E-state index contributed by atoms with van der Waals surface area (Å²) in [5, 5.41) is 10.6. The van der Waals surface area contributed by atoms with Crippen molar-refractivity contribution in [2.45, 2.75) is 22.6 Å². The smallest absolute Gasteiger partial charge is 0.323 e. The van der Waals surface area contributed by atoms with Crippen LogP contribution >= 0.6 is 35.3 Å². The topological polar surface area (TPSA) is 88.8 Å². The highest BCUT2D eigenvalue weighted by molar-refractivity contribution is 8.00. The van der Waals surface area contributed by atoms with Crippen molar-refractivity contribution in [2.75, 3.05) is 13.7 Å². The molecule has 2 bridgehead atoms. The number of methoxy groups -OCH3 is 1. The van der Waals surface area contributed by atoms with Crippen LogP contribution in [0, 0.1) is 33.5 Å². The van der Waals surface area contributed by atoms with E-state index in [4.69, 9.17) is 17.0 Å². The highest BCUT2D eigenvalue weighted by Crippen LogP contribution is 2.69. The number of nitrogens with zero attached hydrogens (tertiary/aromatic N) is 2. The number of thiazole rings is 1. The molecule has 1 saturated heterocycles. The lowest BCUT2D eigenvalue weighted by atomic mass is 9.68. The van der Waals surface area contributed by atoms with Gasteiger partial charge in [-0.1, -0.05) is 12.1 Å². The van der Waals surface area contributed by atoms with Crippen LogP contribution < -0.4 is 4.74 Å². The summed E-state index contributed by atoms with van der Waals surface area (Å²) in [6.07, 6.45) is 0.835. The monoisotopic (exact) mass is 502 g/mol. The zero-order chi connectivity index (χ0) is 23.2. The summed E-state index contributed by atoms with van der Waals surface area (Å²) >= 11 is 9.04. The second-order valence-electron chi connectivity index (χ2n) is 9.28. The number of carboxylic acid groups (broad SMARTS) is 1. The number of carboxylic acids is 1. The number of hydrogen-bond donors (Lipinski definition) is 1. The number of ether oxygens (including phenoxy) is 1. The molecule has 7 atom stereocenters. The van der Waals surface area contributed by atoms with Gasteiger partial charge in [0.2, 0.25) is 11.8 Å². The summed E-state index contributed by atoms with van der Waals surface area (Å²) in [5.74, 6) is -1.40. The Morgan fingerprint density at radius 3 is 2.48 bits per heavy atom. The second-order valence-corrected chi connectivity index (χ2v) is 12.1. The van der Waals surface area contributed by atoms with Gasteiger partial charge < -0.3 is 14.4 Å². The van der Waals surface area contributed by atoms with E-state index in [1.54, 1.807) is 30.2 Å². The zero-order valence-corrected chi connectivity index (χ0v) is 20.4. The minimum atomic E-state index is -1.15. The number of imide groups is 1. The molecule has 172 valence electrons. The third-order valence-electron chi connectivity index (χ3n) is 7.92. The lowest BCUT2D eigenvalue weighted by Gasteiger charge is -2.43. The largest absolute Gasteiger partial charge is 0.497 e. The van der Waals surface area contributed by atoms with E-state index in [1.807, 2.05) is 19.2 Å². The number of carbonyl (C=O) groups excluding carboxylic acids is 2. The summed E-state index contributed by atoms with van der Waals surface area (Å²) in [5.41, 5.74) is 1.16. The van der Waals surface area contributed by atoms with Crippen LogP contribution in [0.3, 0.4) is 0 Å². The van der Waals surface area contributed by atoms with E-state index in [-0.39, 0.29) is 40.7 Å². The summed E-state index contributed by atoms with van der Waals surface area (Å²) < 4.78 is 8.24. The van der Waals surface area contributed by atoms with E-state index in [9.17, 15) is 19.5 Å². The molecule has 10 heteroatoms. The lowest BCUT2D eigenvalue weighted by Crippen LogP contribution is -2.43. The van der Waals surface area contributed by atoms with E-state index in [0.717, 1.165) is 31.6 Å². The number of benzene rings is 1. The average Bonchev–Trinajstić information content (AvgIpc) is 3.50. The van der Waals surface area contributed by atoms with Gasteiger partial charge in [-0.2, -0.15) is 0 Å². The van der Waals surface area contributed by atoms with E-state index < -0.39 is 24.3 Å². The molecule has 2 amide bonds. The maximum Gasteiger partial charge on any atom is 0.323 e.